The molecule has 0 saturated carbocycles. The van der Waals surface area contributed by atoms with E-state index in [4.69, 9.17) is 0 Å². The van der Waals surface area contributed by atoms with E-state index in [0.29, 0.717) is 24.8 Å². The van der Waals surface area contributed by atoms with Crippen molar-refractivity contribution in [3.05, 3.63) is 22.8 Å². The number of hydrogen-bond acceptors (Lipinski definition) is 3. The fraction of sp³-hybridized carbons (Fsp3) is 0.545. The van der Waals surface area contributed by atoms with E-state index in [2.05, 4.69) is 32.6 Å². The molecule has 0 bridgehead atoms. The molecule has 0 aromatic carbocycles. The minimum absolute atomic E-state index is 0.336. The van der Waals surface area contributed by atoms with E-state index < -0.39 is 10.2 Å². The normalized spacial score (nSPS) is 18.8. The van der Waals surface area contributed by atoms with Gasteiger partial charge in [0.1, 0.15) is 5.82 Å². The topological polar surface area (TPSA) is 62.3 Å². The highest BCUT2D eigenvalue weighted by Gasteiger charge is 2.26. The summed E-state index contributed by atoms with van der Waals surface area (Å²) in [6.07, 6.45) is 3.37. The zero-order valence-electron chi connectivity index (χ0n) is 10.1. The van der Waals surface area contributed by atoms with Crippen LogP contribution in [-0.2, 0) is 10.2 Å². The number of piperidine rings is 1. The van der Waals surface area contributed by atoms with Crippen LogP contribution in [0.4, 0.5) is 5.82 Å². The molecule has 5 nitrogen and oxygen atoms in total. The van der Waals surface area contributed by atoms with Gasteiger partial charge in [0.15, 0.2) is 0 Å². The Labute approximate surface area is 116 Å². The minimum atomic E-state index is -3.48. The summed E-state index contributed by atoms with van der Waals surface area (Å²) >= 11 is 3.29. The quantitative estimate of drug-likeness (QED) is 0.922. The highest BCUT2D eigenvalue weighted by molar-refractivity contribution is 9.10. The minimum Gasteiger partial charge on any atom is -0.254 e. The molecule has 0 spiro atoms. The van der Waals surface area contributed by atoms with Gasteiger partial charge in [-0.25, -0.2) is 4.98 Å². The third kappa shape index (κ3) is 3.43. The van der Waals surface area contributed by atoms with Crippen molar-refractivity contribution in [2.75, 3.05) is 17.8 Å². The van der Waals surface area contributed by atoms with Crippen LogP contribution in [-0.4, -0.2) is 30.8 Å². The van der Waals surface area contributed by atoms with Crippen LogP contribution in [0, 0.1) is 5.92 Å². The third-order valence-electron chi connectivity index (χ3n) is 3.04. The average molecular weight is 334 g/mol. The van der Waals surface area contributed by atoms with Crippen molar-refractivity contribution in [2.24, 2.45) is 5.92 Å². The number of anilines is 1. The number of rotatable bonds is 3. The Morgan fingerprint density at radius 2 is 2.11 bits per heavy atom. The van der Waals surface area contributed by atoms with Crippen molar-refractivity contribution in [1.29, 1.82) is 0 Å². The number of pyridine rings is 1. The van der Waals surface area contributed by atoms with E-state index >= 15 is 0 Å². The number of aromatic nitrogens is 1. The molecule has 1 N–H and O–H groups in total. The first-order valence-electron chi connectivity index (χ1n) is 5.87. The highest BCUT2D eigenvalue weighted by Crippen LogP contribution is 2.20. The Balaban J connectivity index is 2.08. The molecule has 1 fully saturated rings. The molecule has 0 radical (unpaired) electrons. The molecule has 2 heterocycles. The fourth-order valence-electron chi connectivity index (χ4n) is 1.88. The maximum Gasteiger partial charge on any atom is 0.302 e. The molecule has 100 valence electrons. The second-order valence-corrected chi connectivity index (χ2v) is 7.13. The number of nitrogens with one attached hydrogen (secondary N) is 1. The number of halogens is 1. The van der Waals surface area contributed by atoms with Gasteiger partial charge in [-0.15, -0.1) is 0 Å². The molecule has 18 heavy (non-hydrogen) atoms. The predicted molar refractivity (Wildman–Crippen MR) is 74.5 cm³/mol. The van der Waals surface area contributed by atoms with Gasteiger partial charge in [0.25, 0.3) is 0 Å². The lowest BCUT2D eigenvalue weighted by Crippen LogP contribution is -2.41. The molecule has 1 aliphatic heterocycles. The zero-order chi connectivity index (χ0) is 13.2. The summed E-state index contributed by atoms with van der Waals surface area (Å²) < 4.78 is 29.0. The van der Waals surface area contributed by atoms with Crippen LogP contribution in [0.25, 0.3) is 0 Å². The standard InChI is InChI=1S/C11H16BrN3O2S/c1-9-3-6-15(7-4-9)18(16,17)14-11-8-10(12)2-5-13-11/h2,5,8-9H,3-4,6-7H2,1H3,(H,13,14). The van der Waals surface area contributed by atoms with Crippen molar-refractivity contribution < 1.29 is 8.42 Å². The summed E-state index contributed by atoms with van der Waals surface area (Å²) in [5.41, 5.74) is 0. The Hall–Kier alpha value is -0.660. The summed E-state index contributed by atoms with van der Waals surface area (Å²) in [5, 5.41) is 0. The van der Waals surface area contributed by atoms with Gasteiger partial charge in [0, 0.05) is 23.8 Å². The lowest BCUT2D eigenvalue weighted by Gasteiger charge is -2.29. The van der Waals surface area contributed by atoms with Gasteiger partial charge in [0.2, 0.25) is 0 Å². The van der Waals surface area contributed by atoms with Crippen LogP contribution in [0.2, 0.25) is 0 Å². The molecule has 7 heteroatoms. The van der Waals surface area contributed by atoms with Crippen LogP contribution >= 0.6 is 15.9 Å². The lowest BCUT2D eigenvalue weighted by atomic mass is 10.0. The van der Waals surface area contributed by atoms with E-state index in [1.54, 1.807) is 18.3 Å². The van der Waals surface area contributed by atoms with Crippen LogP contribution in [0.15, 0.2) is 22.8 Å². The first-order valence-corrected chi connectivity index (χ1v) is 8.10. The number of hydrogen-bond donors (Lipinski definition) is 1. The summed E-state index contributed by atoms with van der Waals surface area (Å²) in [5.74, 6) is 0.934. The van der Waals surface area contributed by atoms with Gasteiger partial charge < -0.3 is 0 Å². The summed E-state index contributed by atoms with van der Waals surface area (Å²) in [6.45, 7) is 3.29. The first-order chi connectivity index (χ1) is 8.47. The Kier molecular flexibility index (Phi) is 4.24. The van der Waals surface area contributed by atoms with Crippen LogP contribution in [0.1, 0.15) is 19.8 Å². The third-order valence-corrected chi connectivity index (χ3v) is 5.04. The molecule has 1 aromatic rings. The van der Waals surface area contributed by atoms with Gasteiger partial charge >= 0.3 is 10.2 Å². The van der Waals surface area contributed by atoms with E-state index in [1.165, 1.54) is 4.31 Å². The maximum absolute atomic E-state index is 12.1. The summed E-state index contributed by atoms with van der Waals surface area (Å²) in [4.78, 5) is 3.99. The Morgan fingerprint density at radius 3 is 2.72 bits per heavy atom. The van der Waals surface area contributed by atoms with Crippen molar-refractivity contribution in [3.63, 3.8) is 0 Å². The largest absolute Gasteiger partial charge is 0.302 e. The van der Waals surface area contributed by atoms with Gasteiger partial charge in [-0.05, 0) is 30.9 Å². The Morgan fingerprint density at radius 1 is 1.44 bits per heavy atom. The van der Waals surface area contributed by atoms with E-state index in [1.807, 2.05) is 0 Å². The smallest absolute Gasteiger partial charge is 0.254 e. The molecule has 1 saturated heterocycles. The van der Waals surface area contributed by atoms with Crippen molar-refractivity contribution in [2.45, 2.75) is 19.8 Å². The first kappa shape index (κ1) is 13.8. The van der Waals surface area contributed by atoms with E-state index in [0.717, 1.165) is 17.3 Å². The van der Waals surface area contributed by atoms with Crippen LogP contribution < -0.4 is 4.72 Å². The maximum atomic E-state index is 12.1. The van der Waals surface area contributed by atoms with Crippen LogP contribution in [0.5, 0.6) is 0 Å². The van der Waals surface area contributed by atoms with Crippen LogP contribution in [0.3, 0.4) is 0 Å². The van der Waals surface area contributed by atoms with Gasteiger partial charge in [-0.1, -0.05) is 22.9 Å². The molecule has 1 aromatic heterocycles. The monoisotopic (exact) mass is 333 g/mol. The van der Waals surface area contributed by atoms with Crippen molar-refractivity contribution in [3.8, 4) is 0 Å². The highest BCUT2D eigenvalue weighted by atomic mass is 79.9. The predicted octanol–water partition coefficient (Wildman–Crippen LogP) is 2.23. The van der Waals surface area contributed by atoms with Crippen molar-refractivity contribution in [1.82, 2.24) is 9.29 Å². The molecule has 2 rings (SSSR count). The van der Waals surface area contributed by atoms with Gasteiger partial charge in [-0.2, -0.15) is 12.7 Å². The molecule has 0 atom stereocenters. The summed E-state index contributed by atoms with van der Waals surface area (Å²) in [6, 6.07) is 3.39. The summed E-state index contributed by atoms with van der Waals surface area (Å²) in [7, 11) is -3.48. The van der Waals surface area contributed by atoms with Gasteiger partial charge in [0.05, 0.1) is 0 Å². The molecular formula is C11H16BrN3O2S. The lowest BCUT2D eigenvalue weighted by molar-refractivity contribution is 0.289. The van der Waals surface area contributed by atoms with E-state index in [9.17, 15) is 8.42 Å². The number of nitrogens with zero attached hydrogens (tertiary/aromatic N) is 2. The van der Waals surface area contributed by atoms with Gasteiger partial charge in [-0.3, -0.25) is 4.72 Å². The molecule has 0 aliphatic carbocycles. The SMILES string of the molecule is CC1CCN(S(=O)(=O)Nc2cc(Br)ccn2)CC1. The molecule has 0 amide bonds. The Bertz CT molecular complexity index is 513. The molecule has 1 aliphatic rings. The molecule has 0 unspecified atom stereocenters. The zero-order valence-corrected chi connectivity index (χ0v) is 12.5. The van der Waals surface area contributed by atoms with Crippen molar-refractivity contribution >= 4 is 32.0 Å². The second kappa shape index (κ2) is 5.54. The fourth-order valence-corrected chi connectivity index (χ4v) is 3.41. The van der Waals surface area contributed by atoms with E-state index in [-0.39, 0.29) is 0 Å². The molecular weight excluding hydrogens is 318 g/mol. The second-order valence-electron chi connectivity index (χ2n) is 4.55. The average Bonchev–Trinajstić information content (AvgIpc) is 2.29.